The van der Waals surface area contributed by atoms with E-state index in [2.05, 4.69) is 20.6 Å². The first kappa shape index (κ1) is 18.6. The summed E-state index contributed by atoms with van der Waals surface area (Å²) in [5.74, 6) is 0.260. The van der Waals surface area contributed by atoms with Gasteiger partial charge >= 0.3 is 0 Å². The van der Waals surface area contributed by atoms with Crippen molar-refractivity contribution in [2.75, 3.05) is 17.7 Å². The Balaban J connectivity index is 1.62. The monoisotopic (exact) mass is 386 g/mol. The molecule has 1 aromatic heterocycles. The Morgan fingerprint density at radius 3 is 2.70 bits per heavy atom. The maximum Gasteiger partial charge on any atom is 0.275 e. The van der Waals surface area contributed by atoms with Gasteiger partial charge in [-0.2, -0.15) is 0 Å². The summed E-state index contributed by atoms with van der Waals surface area (Å²) in [6, 6.07) is 11.5. The molecule has 0 aliphatic carbocycles. The minimum Gasteiger partial charge on any atom is -0.496 e. The van der Waals surface area contributed by atoms with Crippen molar-refractivity contribution in [2.24, 2.45) is 0 Å². The minimum atomic E-state index is -0.556. The minimum absolute atomic E-state index is 0.0743. The Hall–Kier alpha value is -3.19. The van der Waals surface area contributed by atoms with Gasteiger partial charge in [0.25, 0.3) is 5.91 Å². The molecule has 8 heteroatoms. The molecule has 0 spiro atoms. The van der Waals surface area contributed by atoms with Crippen LogP contribution in [0, 0.1) is 5.82 Å². The number of ether oxygens (including phenoxy) is 1. The van der Waals surface area contributed by atoms with E-state index >= 15 is 0 Å². The summed E-state index contributed by atoms with van der Waals surface area (Å²) >= 11 is 5.70. The zero-order chi connectivity index (χ0) is 19.2. The van der Waals surface area contributed by atoms with E-state index in [4.69, 9.17) is 16.3 Å². The first-order chi connectivity index (χ1) is 13.1. The molecule has 0 aliphatic heterocycles. The van der Waals surface area contributed by atoms with E-state index in [0.717, 1.165) is 11.3 Å². The predicted octanol–water partition coefficient (Wildman–Crippen LogP) is 4.14. The summed E-state index contributed by atoms with van der Waals surface area (Å²) in [5, 5.41) is 5.64. The molecule has 0 saturated carbocycles. The number of nitrogens with zero attached hydrogens (tertiary/aromatic N) is 2. The van der Waals surface area contributed by atoms with Crippen LogP contribution in [0.1, 0.15) is 16.1 Å². The normalized spacial score (nSPS) is 10.3. The lowest BCUT2D eigenvalue weighted by Crippen LogP contribution is -2.14. The highest BCUT2D eigenvalue weighted by atomic mass is 35.5. The van der Waals surface area contributed by atoms with Crippen molar-refractivity contribution in [1.82, 2.24) is 9.97 Å². The van der Waals surface area contributed by atoms with Gasteiger partial charge in [0.05, 0.1) is 24.5 Å². The molecule has 1 heterocycles. The number of carbonyl (C=O) groups is 1. The molecule has 6 nitrogen and oxygen atoms in total. The molecule has 0 atom stereocenters. The number of anilines is 2. The van der Waals surface area contributed by atoms with E-state index < -0.39 is 11.7 Å². The average Bonchev–Trinajstić information content (AvgIpc) is 2.69. The Morgan fingerprint density at radius 2 is 2.00 bits per heavy atom. The fraction of sp³-hybridized carbons (Fsp3) is 0.105. The van der Waals surface area contributed by atoms with Crippen LogP contribution in [0.5, 0.6) is 5.75 Å². The van der Waals surface area contributed by atoms with Gasteiger partial charge in [0.1, 0.15) is 23.1 Å². The number of hydrogen-bond acceptors (Lipinski definition) is 5. The van der Waals surface area contributed by atoms with Gasteiger partial charge in [0.2, 0.25) is 0 Å². The van der Waals surface area contributed by atoms with Crippen molar-refractivity contribution >= 4 is 29.0 Å². The number of para-hydroxylation sites is 1. The highest BCUT2D eigenvalue weighted by molar-refractivity contribution is 6.31. The number of nitrogens with one attached hydrogen (secondary N) is 2. The first-order valence-corrected chi connectivity index (χ1v) is 8.39. The second kappa shape index (κ2) is 8.46. The van der Waals surface area contributed by atoms with Crippen molar-refractivity contribution in [3.05, 3.63) is 77.0 Å². The van der Waals surface area contributed by atoms with Crippen molar-refractivity contribution in [1.29, 1.82) is 0 Å². The number of methoxy groups -OCH3 is 1. The highest BCUT2D eigenvalue weighted by Crippen LogP contribution is 2.20. The van der Waals surface area contributed by atoms with E-state index in [1.165, 1.54) is 30.6 Å². The molecule has 138 valence electrons. The third kappa shape index (κ3) is 4.71. The van der Waals surface area contributed by atoms with Crippen LogP contribution < -0.4 is 15.4 Å². The number of hydrogen-bond donors (Lipinski definition) is 2. The molecule has 2 aromatic carbocycles. The molecule has 3 aromatic rings. The van der Waals surface area contributed by atoms with Crippen LogP contribution in [0.25, 0.3) is 0 Å². The van der Waals surface area contributed by atoms with Gasteiger partial charge in [0.15, 0.2) is 0 Å². The summed E-state index contributed by atoms with van der Waals surface area (Å²) in [7, 11) is 1.61. The molecular weight excluding hydrogens is 371 g/mol. The molecular formula is C19H16ClFN4O2. The molecule has 0 aliphatic rings. The van der Waals surface area contributed by atoms with E-state index in [-0.39, 0.29) is 10.7 Å². The summed E-state index contributed by atoms with van der Waals surface area (Å²) in [6.45, 7) is 0.498. The largest absolute Gasteiger partial charge is 0.496 e. The van der Waals surface area contributed by atoms with Gasteiger partial charge in [-0.1, -0.05) is 29.8 Å². The maximum absolute atomic E-state index is 13.2. The Bertz CT molecular complexity index is 951. The van der Waals surface area contributed by atoms with Crippen LogP contribution in [0.4, 0.5) is 15.9 Å². The van der Waals surface area contributed by atoms with Gasteiger partial charge in [-0.05, 0) is 24.3 Å². The lowest BCUT2D eigenvalue weighted by molar-refractivity contribution is 0.102. The quantitative estimate of drug-likeness (QED) is 0.665. The van der Waals surface area contributed by atoms with Crippen LogP contribution in [0.15, 0.2) is 54.9 Å². The maximum atomic E-state index is 13.2. The van der Waals surface area contributed by atoms with Gasteiger partial charge in [0, 0.05) is 17.8 Å². The van der Waals surface area contributed by atoms with E-state index in [9.17, 15) is 9.18 Å². The zero-order valence-electron chi connectivity index (χ0n) is 14.4. The van der Waals surface area contributed by atoms with E-state index in [0.29, 0.717) is 18.1 Å². The fourth-order valence-corrected chi connectivity index (χ4v) is 2.52. The van der Waals surface area contributed by atoms with Crippen molar-refractivity contribution in [3.63, 3.8) is 0 Å². The number of halogens is 2. The summed E-state index contributed by atoms with van der Waals surface area (Å²) < 4.78 is 18.5. The molecule has 0 fully saturated rings. The number of benzene rings is 2. The second-order valence-electron chi connectivity index (χ2n) is 5.54. The topological polar surface area (TPSA) is 76.1 Å². The molecule has 0 bridgehead atoms. The predicted molar refractivity (Wildman–Crippen MR) is 102 cm³/mol. The van der Waals surface area contributed by atoms with Crippen molar-refractivity contribution in [2.45, 2.75) is 6.54 Å². The van der Waals surface area contributed by atoms with Gasteiger partial charge in [-0.25, -0.2) is 14.4 Å². The average molecular weight is 387 g/mol. The number of aromatic nitrogens is 2. The van der Waals surface area contributed by atoms with Gasteiger partial charge < -0.3 is 15.4 Å². The van der Waals surface area contributed by atoms with Crippen molar-refractivity contribution in [3.8, 4) is 5.75 Å². The van der Waals surface area contributed by atoms with Gasteiger partial charge in [-0.3, -0.25) is 4.79 Å². The number of carbonyl (C=O) groups excluding carboxylic acids is 1. The Labute approximate surface area is 160 Å². The van der Waals surface area contributed by atoms with Crippen LogP contribution in [0.2, 0.25) is 5.02 Å². The summed E-state index contributed by atoms with van der Waals surface area (Å²) in [6.07, 6.45) is 2.81. The number of amides is 1. The molecule has 0 unspecified atom stereocenters. The molecule has 1 amide bonds. The smallest absolute Gasteiger partial charge is 0.275 e. The summed E-state index contributed by atoms with van der Waals surface area (Å²) in [4.78, 5) is 20.5. The lowest BCUT2D eigenvalue weighted by Gasteiger charge is -2.10. The standard InChI is InChI=1S/C19H16ClFN4O2/c1-27-17-5-3-2-4-12(17)9-23-18-11-22-16(10-24-18)19(26)25-13-6-7-15(21)14(20)8-13/h2-8,10-11H,9H2,1H3,(H,23,24)(H,25,26). The first-order valence-electron chi connectivity index (χ1n) is 8.01. The summed E-state index contributed by atoms with van der Waals surface area (Å²) in [5.41, 5.74) is 1.46. The third-order valence-corrected chi connectivity index (χ3v) is 4.00. The second-order valence-corrected chi connectivity index (χ2v) is 5.94. The van der Waals surface area contributed by atoms with Crippen LogP contribution in [-0.2, 0) is 6.54 Å². The van der Waals surface area contributed by atoms with E-state index in [1.54, 1.807) is 7.11 Å². The van der Waals surface area contributed by atoms with Crippen LogP contribution in [-0.4, -0.2) is 23.0 Å². The van der Waals surface area contributed by atoms with Crippen LogP contribution in [0.3, 0.4) is 0 Å². The molecule has 0 radical (unpaired) electrons. The van der Waals surface area contributed by atoms with Gasteiger partial charge in [-0.15, -0.1) is 0 Å². The Morgan fingerprint density at radius 1 is 1.19 bits per heavy atom. The molecule has 3 rings (SSSR count). The fourth-order valence-electron chi connectivity index (χ4n) is 2.34. The lowest BCUT2D eigenvalue weighted by atomic mass is 10.2. The SMILES string of the molecule is COc1ccccc1CNc1cnc(C(=O)Nc2ccc(F)c(Cl)c2)cn1. The zero-order valence-corrected chi connectivity index (χ0v) is 15.1. The van der Waals surface area contributed by atoms with E-state index in [1.807, 2.05) is 24.3 Å². The molecule has 2 N–H and O–H groups in total. The Kier molecular flexibility index (Phi) is 5.83. The van der Waals surface area contributed by atoms with Crippen LogP contribution >= 0.6 is 11.6 Å². The number of rotatable bonds is 6. The molecule has 27 heavy (non-hydrogen) atoms. The van der Waals surface area contributed by atoms with Crippen molar-refractivity contribution < 1.29 is 13.9 Å². The highest BCUT2D eigenvalue weighted by Gasteiger charge is 2.10. The molecule has 0 saturated heterocycles. The third-order valence-electron chi connectivity index (χ3n) is 3.71.